The van der Waals surface area contributed by atoms with E-state index in [0.717, 1.165) is 41.2 Å². The zero-order valence-corrected chi connectivity index (χ0v) is 18.4. The quantitative estimate of drug-likeness (QED) is 0.448. The summed E-state index contributed by atoms with van der Waals surface area (Å²) in [4.78, 5) is 19.6. The number of urea groups is 1. The van der Waals surface area contributed by atoms with Gasteiger partial charge in [0.1, 0.15) is 17.4 Å². The number of anilines is 1. The van der Waals surface area contributed by atoms with Crippen LogP contribution in [0.4, 0.5) is 14.9 Å². The molecule has 0 aliphatic carbocycles. The van der Waals surface area contributed by atoms with Crippen molar-refractivity contribution >= 4 is 17.2 Å². The summed E-state index contributed by atoms with van der Waals surface area (Å²) < 4.78 is 21.4. The van der Waals surface area contributed by atoms with Crippen molar-refractivity contribution in [3.8, 4) is 17.0 Å². The van der Waals surface area contributed by atoms with Gasteiger partial charge < -0.3 is 19.4 Å². The van der Waals surface area contributed by atoms with Crippen LogP contribution in [0.15, 0.2) is 72.9 Å². The molecule has 2 aromatic carbocycles. The summed E-state index contributed by atoms with van der Waals surface area (Å²) in [7, 11) is 1.65. The minimum absolute atomic E-state index is 0.0759. The number of para-hydroxylation sites is 1. The number of imidazole rings is 1. The normalized spacial score (nSPS) is 16.1. The molecule has 1 unspecified atom stereocenters. The lowest BCUT2D eigenvalue weighted by Gasteiger charge is -2.32. The van der Waals surface area contributed by atoms with E-state index in [2.05, 4.69) is 15.8 Å². The van der Waals surface area contributed by atoms with Gasteiger partial charge in [-0.15, -0.1) is 0 Å². The molecule has 0 radical (unpaired) electrons. The average Bonchev–Trinajstić information content (AvgIpc) is 3.25. The number of amides is 2. The summed E-state index contributed by atoms with van der Waals surface area (Å²) in [5, 5.41) is 2.70. The van der Waals surface area contributed by atoms with Gasteiger partial charge >= 0.3 is 6.03 Å². The Morgan fingerprint density at radius 2 is 1.88 bits per heavy atom. The van der Waals surface area contributed by atoms with E-state index in [1.165, 1.54) is 6.07 Å². The number of hydrogen-bond donors (Lipinski definition) is 1. The minimum atomic E-state index is -0.442. The Morgan fingerprint density at radius 1 is 1.09 bits per heavy atom. The van der Waals surface area contributed by atoms with Crippen molar-refractivity contribution in [3.63, 3.8) is 0 Å². The highest BCUT2D eigenvalue weighted by molar-refractivity contribution is 5.89. The highest BCUT2D eigenvalue weighted by atomic mass is 19.1. The first-order valence-electron chi connectivity index (χ1n) is 11.1. The summed E-state index contributed by atoms with van der Waals surface area (Å²) in [6, 6.07) is 19.8. The first-order valence-corrected chi connectivity index (χ1v) is 11.1. The lowest BCUT2D eigenvalue weighted by atomic mass is 9.97. The molecular formula is C26H25FN4O2. The van der Waals surface area contributed by atoms with Crippen LogP contribution in [0.2, 0.25) is 0 Å². The predicted molar refractivity (Wildman–Crippen MR) is 126 cm³/mol. The van der Waals surface area contributed by atoms with E-state index in [9.17, 15) is 9.18 Å². The van der Waals surface area contributed by atoms with E-state index in [0.29, 0.717) is 13.1 Å². The molecule has 168 valence electrons. The van der Waals surface area contributed by atoms with Crippen LogP contribution < -0.4 is 10.1 Å². The summed E-state index contributed by atoms with van der Waals surface area (Å²) in [5.41, 5.74) is 3.13. The van der Waals surface area contributed by atoms with E-state index in [4.69, 9.17) is 9.72 Å². The zero-order valence-electron chi connectivity index (χ0n) is 18.4. The number of benzene rings is 2. The molecule has 0 spiro atoms. The van der Waals surface area contributed by atoms with Gasteiger partial charge in [-0.25, -0.2) is 14.2 Å². The van der Waals surface area contributed by atoms with Gasteiger partial charge in [0.15, 0.2) is 0 Å². The summed E-state index contributed by atoms with van der Waals surface area (Å²) in [6.45, 7) is 1.15. The van der Waals surface area contributed by atoms with Crippen molar-refractivity contribution in [2.45, 2.75) is 18.8 Å². The highest BCUT2D eigenvalue weighted by Crippen LogP contribution is 2.33. The zero-order chi connectivity index (χ0) is 22.8. The van der Waals surface area contributed by atoms with Gasteiger partial charge in [0, 0.05) is 30.8 Å². The smallest absolute Gasteiger partial charge is 0.321 e. The second-order valence-corrected chi connectivity index (χ2v) is 8.20. The summed E-state index contributed by atoms with van der Waals surface area (Å²) in [6.07, 6.45) is 3.80. The number of rotatable bonds is 4. The van der Waals surface area contributed by atoms with Crippen molar-refractivity contribution < 1.29 is 13.9 Å². The van der Waals surface area contributed by atoms with Gasteiger partial charge in [0.2, 0.25) is 0 Å². The Hall–Kier alpha value is -3.87. The Kier molecular flexibility index (Phi) is 5.69. The number of carbonyl (C=O) groups is 1. The number of aromatic nitrogens is 2. The molecule has 5 rings (SSSR count). The number of halogens is 1. The summed E-state index contributed by atoms with van der Waals surface area (Å²) in [5.74, 6) is 1.36. The second kappa shape index (κ2) is 8.94. The first kappa shape index (κ1) is 21.0. The molecule has 2 aromatic heterocycles. The number of nitrogens with one attached hydrogen (secondary N) is 1. The van der Waals surface area contributed by atoms with Gasteiger partial charge in [-0.2, -0.15) is 0 Å². The number of hydrogen-bond acceptors (Lipinski definition) is 3. The third-order valence-corrected chi connectivity index (χ3v) is 6.13. The minimum Gasteiger partial charge on any atom is -0.497 e. The predicted octanol–water partition coefficient (Wildman–Crippen LogP) is 5.56. The number of fused-ring (bicyclic) bond motifs is 1. The molecule has 0 saturated carbocycles. The standard InChI is InChI=1S/C26H25FN4O2/c1-33-20-13-11-18(12-14-20)24-23-10-4-5-16-31(23)25(29-24)19-7-6-15-30(17-19)26(32)28-22-9-3-2-8-21(22)27/h2-5,8-14,16,19H,6-7,15,17H2,1H3,(H,28,32). The molecule has 7 heteroatoms. The lowest BCUT2D eigenvalue weighted by Crippen LogP contribution is -2.42. The van der Waals surface area contributed by atoms with Crippen LogP contribution in [0.3, 0.4) is 0 Å². The van der Waals surface area contributed by atoms with Crippen molar-refractivity contribution in [2.75, 3.05) is 25.5 Å². The van der Waals surface area contributed by atoms with E-state index in [1.54, 1.807) is 30.2 Å². The fraction of sp³-hybridized carbons (Fsp3) is 0.231. The number of likely N-dealkylation sites (tertiary alicyclic amines) is 1. The lowest BCUT2D eigenvalue weighted by molar-refractivity contribution is 0.191. The fourth-order valence-corrected chi connectivity index (χ4v) is 4.44. The molecule has 1 aliphatic rings. The van der Waals surface area contributed by atoms with Crippen molar-refractivity contribution in [2.24, 2.45) is 0 Å². The number of pyridine rings is 1. The molecule has 1 fully saturated rings. The molecule has 1 atom stereocenters. The number of carbonyl (C=O) groups excluding carboxylic acids is 1. The molecule has 33 heavy (non-hydrogen) atoms. The average molecular weight is 445 g/mol. The molecule has 6 nitrogen and oxygen atoms in total. The van der Waals surface area contributed by atoms with Crippen molar-refractivity contribution in [1.82, 2.24) is 14.3 Å². The van der Waals surface area contributed by atoms with Crippen LogP contribution in [-0.2, 0) is 0 Å². The maximum absolute atomic E-state index is 14.0. The molecule has 1 N–H and O–H groups in total. The van der Waals surface area contributed by atoms with Crippen LogP contribution in [0.5, 0.6) is 5.75 Å². The third kappa shape index (κ3) is 4.14. The van der Waals surface area contributed by atoms with Crippen LogP contribution in [0.25, 0.3) is 16.8 Å². The first-order chi connectivity index (χ1) is 16.1. The number of nitrogens with zero attached hydrogens (tertiary/aromatic N) is 3. The highest BCUT2D eigenvalue weighted by Gasteiger charge is 2.29. The molecular weight excluding hydrogens is 419 g/mol. The van der Waals surface area contributed by atoms with Crippen LogP contribution in [0.1, 0.15) is 24.6 Å². The number of methoxy groups -OCH3 is 1. The van der Waals surface area contributed by atoms with Crippen LogP contribution in [0, 0.1) is 5.82 Å². The van der Waals surface area contributed by atoms with Gasteiger partial charge in [0.05, 0.1) is 24.0 Å². The van der Waals surface area contributed by atoms with Crippen molar-refractivity contribution in [3.05, 3.63) is 84.6 Å². The van der Waals surface area contributed by atoms with Gasteiger partial charge in [-0.05, 0) is 61.4 Å². The molecule has 3 heterocycles. The Balaban J connectivity index is 1.43. The van der Waals surface area contributed by atoms with Crippen LogP contribution >= 0.6 is 0 Å². The van der Waals surface area contributed by atoms with Crippen molar-refractivity contribution in [1.29, 1.82) is 0 Å². The van der Waals surface area contributed by atoms with E-state index < -0.39 is 5.82 Å². The Morgan fingerprint density at radius 3 is 2.67 bits per heavy atom. The largest absolute Gasteiger partial charge is 0.497 e. The summed E-state index contributed by atoms with van der Waals surface area (Å²) >= 11 is 0. The van der Waals surface area contributed by atoms with E-state index in [-0.39, 0.29) is 17.6 Å². The van der Waals surface area contributed by atoms with Crippen LogP contribution in [-0.4, -0.2) is 40.5 Å². The van der Waals surface area contributed by atoms with E-state index in [1.807, 2.05) is 42.6 Å². The number of piperidine rings is 1. The molecule has 1 saturated heterocycles. The maximum atomic E-state index is 14.0. The fourth-order valence-electron chi connectivity index (χ4n) is 4.44. The third-order valence-electron chi connectivity index (χ3n) is 6.13. The molecule has 1 aliphatic heterocycles. The number of ether oxygens (including phenoxy) is 1. The van der Waals surface area contributed by atoms with Gasteiger partial charge in [-0.1, -0.05) is 18.2 Å². The maximum Gasteiger partial charge on any atom is 0.321 e. The SMILES string of the molecule is COc1ccc(-c2nc(C3CCCN(C(=O)Nc4ccccc4F)C3)n3ccccc23)cc1. The monoisotopic (exact) mass is 444 g/mol. The second-order valence-electron chi connectivity index (χ2n) is 8.20. The Labute approximate surface area is 191 Å². The van der Waals surface area contributed by atoms with Gasteiger partial charge in [0.25, 0.3) is 0 Å². The van der Waals surface area contributed by atoms with Gasteiger partial charge in [-0.3, -0.25) is 0 Å². The molecule has 4 aromatic rings. The van der Waals surface area contributed by atoms with E-state index >= 15 is 0 Å². The molecule has 2 amide bonds. The topological polar surface area (TPSA) is 58.9 Å². The Bertz CT molecular complexity index is 1290. The molecule has 0 bridgehead atoms.